The highest BCUT2D eigenvalue weighted by Crippen LogP contribution is 2.43. The molecule has 16 aromatic rings. The maximum atomic E-state index is 14.4. The Morgan fingerprint density at radius 3 is 1.04 bits per heavy atom. The molecule has 580 valence electrons. The molecule has 4 aliphatic rings. The average Bonchev–Trinajstić information content (AvgIpc) is 1.62. The second-order valence-electron chi connectivity index (χ2n) is 27.5. The molecule has 36 heteroatoms. The fraction of sp³-hybridized carbons (Fsp3) is 0.282. The van der Waals surface area contributed by atoms with E-state index in [2.05, 4.69) is 61.2 Å². The van der Waals surface area contributed by atoms with Crippen molar-refractivity contribution in [1.29, 1.82) is 0 Å². The number of halogens is 8. The van der Waals surface area contributed by atoms with Crippen LogP contribution in [0.3, 0.4) is 0 Å². The summed E-state index contributed by atoms with van der Waals surface area (Å²) in [5.41, 5.74) is 6.78. The van der Waals surface area contributed by atoms with E-state index in [0.717, 1.165) is 126 Å². The van der Waals surface area contributed by atoms with Gasteiger partial charge in [0, 0.05) is 86.6 Å². The molecule has 0 N–H and O–H groups in total. The molecule has 4 saturated heterocycles. The Morgan fingerprint density at radius 2 is 0.711 bits per heavy atom. The zero-order valence-electron chi connectivity index (χ0n) is 61.5. The number of hydrogen-bond donors (Lipinski definition) is 0. The van der Waals surface area contributed by atoms with Crippen molar-refractivity contribution in [3.8, 4) is 44.1 Å². The minimum atomic E-state index is -0.448. The van der Waals surface area contributed by atoms with Crippen LogP contribution in [0.1, 0.15) is 133 Å². The van der Waals surface area contributed by atoms with Gasteiger partial charge in [0.1, 0.15) is 91.0 Å². The number of hydrogen-bond acceptors (Lipinski definition) is 24. The van der Waals surface area contributed by atoms with Crippen molar-refractivity contribution in [3.63, 3.8) is 0 Å². The van der Waals surface area contributed by atoms with Gasteiger partial charge in [-0.05, 0) is 162 Å². The van der Waals surface area contributed by atoms with Crippen LogP contribution in [0, 0.1) is 60.4 Å². The standard InChI is InChI=1S/C20H18F2N6O.C20H18F2N6S.C19H16F2N6O.C19H16F2N6S/c2*1-2-18-25-26-20(29-18)14-11-23-28-9-7-17(24-19(14)28)27-8-3-4-16(27)13-10-12(21)5-6-15(13)22;2*1-11-24-25-19(28-11)14-10-22-27-8-6-17(23-18(14)27)26-7-2-3-16(26)13-9-12(20)4-5-15(13)21/h2*5-7,9-11,16H,2-4,8H2,1H3;2*4-6,8-10,16H,2-3,7H2,1H3. The van der Waals surface area contributed by atoms with Crippen LogP contribution in [0.25, 0.3) is 66.6 Å². The quantitative estimate of drug-likeness (QED) is 0.0916. The first-order valence-corrected chi connectivity index (χ1v) is 38.6. The third-order valence-corrected chi connectivity index (χ3v) is 22.4. The second-order valence-corrected chi connectivity index (χ2v) is 29.7. The molecule has 0 aliphatic carbocycles. The normalized spacial score (nSPS) is 16.9. The van der Waals surface area contributed by atoms with Crippen LogP contribution in [-0.4, -0.2) is 125 Å². The third kappa shape index (κ3) is 14.8. The zero-order valence-corrected chi connectivity index (χ0v) is 63.1. The molecule has 0 bridgehead atoms. The lowest BCUT2D eigenvalue weighted by Crippen LogP contribution is -2.24. The first-order chi connectivity index (χ1) is 55.5. The molecule has 26 nitrogen and oxygen atoms in total. The number of anilines is 4. The highest BCUT2D eigenvalue weighted by atomic mass is 32.1. The molecule has 114 heavy (non-hydrogen) atoms. The molecule has 4 fully saturated rings. The van der Waals surface area contributed by atoms with Crippen molar-refractivity contribution in [3.05, 3.63) is 237 Å². The average molecular weight is 1590 g/mol. The Kier molecular flexibility index (Phi) is 20.5. The van der Waals surface area contributed by atoms with Crippen LogP contribution in [0.4, 0.5) is 58.4 Å². The van der Waals surface area contributed by atoms with Gasteiger partial charge in [0.25, 0.3) is 11.8 Å². The Bertz CT molecular complexity index is 5830. The summed E-state index contributed by atoms with van der Waals surface area (Å²) < 4.78 is 130. The van der Waals surface area contributed by atoms with E-state index in [1.54, 1.807) is 62.2 Å². The summed E-state index contributed by atoms with van der Waals surface area (Å²) >= 11 is 3.00. The van der Waals surface area contributed by atoms with E-state index >= 15 is 0 Å². The Balaban J connectivity index is 0.000000110. The molecule has 0 amide bonds. The number of aromatic nitrogens is 20. The topological polar surface area (TPSA) is 263 Å². The summed E-state index contributed by atoms with van der Waals surface area (Å²) in [6.45, 7) is 10.4. The van der Waals surface area contributed by atoms with E-state index in [1.807, 2.05) is 77.0 Å². The molecule has 16 heterocycles. The van der Waals surface area contributed by atoms with Gasteiger partial charge < -0.3 is 28.4 Å². The van der Waals surface area contributed by atoms with Crippen LogP contribution >= 0.6 is 22.7 Å². The monoisotopic (exact) mass is 1590 g/mol. The van der Waals surface area contributed by atoms with Gasteiger partial charge in [0.05, 0.1) is 60.1 Å². The molecular formula is C78H68F8N24O2S2. The SMILES string of the molecule is CCc1nnc(-c2cnn3ccc(N4CCCC4c4cc(F)ccc4F)nc23)o1.CCc1nnc(-c2cnn3ccc(N4CCCC4c4cc(F)ccc4F)nc23)s1.Cc1nnc(-c2cnn3ccc(N4CCCC4c4cc(F)ccc4F)nc23)o1.Cc1nnc(-c2cnn3ccc(N4CCCC4c4cc(F)ccc4F)nc23)s1. The number of nitrogens with zero attached hydrogens (tertiary/aromatic N) is 24. The number of rotatable bonds is 14. The summed E-state index contributed by atoms with van der Waals surface area (Å²) in [4.78, 5) is 27.1. The van der Waals surface area contributed by atoms with Crippen molar-refractivity contribution in [2.45, 2.75) is 116 Å². The van der Waals surface area contributed by atoms with Crippen molar-refractivity contribution < 1.29 is 44.0 Å². The van der Waals surface area contributed by atoms with Crippen LogP contribution in [0.5, 0.6) is 0 Å². The van der Waals surface area contributed by atoms with Gasteiger partial charge >= 0.3 is 0 Å². The predicted octanol–water partition coefficient (Wildman–Crippen LogP) is 16.3. The minimum absolute atomic E-state index is 0.249. The molecule has 20 rings (SSSR count). The molecule has 0 radical (unpaired) electrons. The summed E-state index contributed by atoms with van der Waals surface area (Å²) in [5.74, 6) is 1.07. The Morgan fingerprint density at radius 1 is 0.368 bits per heavy atom. The fourth-order valence-corrected chi connectivity index (χ4v) is 16.5. The highest BCUT2D eigenvalue weighted by Gasteiger charge is 2.35. The number of fused-ring (bicyclic) bond motifs is 4. The summed E-state index contributed by atoms with van der Waals surface area (Å²) in [5, 5.41) is 53.3. The molecule has 4 aliphatic heterocycles. The van der Waals surface area contributed by atoms with E-state index in [-0.39, 0.29) is 24.2 Å². The van der Waals surface area contributed by atoms with Crippen LogP contribution in [-0.2, 0) is 12.8 Å². The molecule has 12 aromatic heterocycles. The minimum Gasteiger partial charge on any atom is -0.421 e. The largest absolute Gasteiger partial charge is 0.421 e. The summed E-state index contributed by atoms with van der Waals surface area (Å²) in [7, 11) is 0. The van der Waals surface area contributed by atoms with Gasteiger partial charge in [-0.2, -0.15) is 20.4 Å². The van der Waals surface area contributed by atoms with Gasteiger partial charge in [0.15, 0.2) is 32.6 Å². The molecule has 0 spiro atoms. The molecule has 4 unspecified atom stereocenters. The molecule has 4 aromatic carbocycles. The maximum Gasteiger partial charge on any atom is 0.253 e. The second kappa shape index (κ2) is 31.5. The van der Waals surface area contributed by atoms with Crippen LogP contribution < -0.4 is 19.6 Å². The van der Waals surface area contributed by atoms with E-state index in [4.69, 9.17) is 28.8 Å². The van der Waals surface area contributed by atoms with E-state index in [9.17, 15) is 35.1 Å². The smallest absolute Gasteiger partial charge is 0.253 e. The Hall–Kier alpha value is -12.6. The lowest BCUT2D eigenvalue weighted by atomic mass is 10.0. The fourth-order valence-electron chi connectivity index (χ4n) is 15.0. The zero-order chi connectivity index (χ0) is 78.4. The van der Waals surface area contributed by atoms with Crippen molar-refractivity contribution in [1.82, 2.24) is 99.2 Å². The van der Waals surface area contributed by atoms with Gasteiger partial charge in [0.2, 0.25) is 11.8 Å². The van der Waals surface area contributed by atoms with Gasteiger partial charge in [-0.15, -0.1) is 40.8 Å². The van der Waals surface area contributed by atoms with Gasteiger partial charge in [-0.1, -0.05) is 36.5 Å². The highest BCUT2D eigenvalue weighted by molar-refractivity contribution is 7.15. The lowest BCUT2D eigenvalue weighted by Gasteiger charge is -2.26. The van der Waals surface area contributed by atoms with Crippen molar-refractivity contribution >= 4 is 68.5 Å². The van der Waals surface area contributed by atoms with Crippen molar-refractivity contribution in [2.24, 2.45) is 0 Å². The van der Waals surface area contributed by atoms with E-state index in [0.29, 0.717) is 122 Å². The van der Waals surface area contributed by atoms with Gasteiger partial charge in [-0.25, -0.2) is 73.1 Å². The number of benzene rings is 4. The first-order valence-electron chi connectivity index (χ1n) is 37.0. The Labute approximate surface area is 651 Å². The van der Waals surface area contributed by atoms with Crippen LogP contribution in [0.15, 0.2) is 155 Å². The van der Waals surface area contributed by atoms with Gasteiger partial charge in [-0.3, -0.25) is 0 Å². The first kappa shape index (κ1) is 74.2. The van der Waals surface area contributed by atoms with E-state index in [1.165, 1.54) is 71.2 Å². The third-order valence-electron chi connectivity index (χ3n) is 20.4. The molecule has 4 atom stereocenters. The van der Waals surface area contributed by atoms with E-state index < -0.39 is 46.5 Å². The predicted molar refractivity (Wildman–Crippen MR) is 407 cm³/mol. The van der Waals surface area contributed by atoms with Crippen LogP contribution in [0.2, 0.25) is 0 Å². The number of aryl methyl sites for hydroxylation is 4. The van der Waals surface area contributed by atoms with Crippen molar-refractivity contribution in [2.75, 3.05) is 45.8 Å². The summed E-state index contributed by atoms with van der Waals surface area (Å²) in [6, 6.07) is 20.7. The summed E-state index contributed by atoms with van der Waals surface area (Å²) in [6.07, 6.45) is 21.8. The molecule has 0 saturated carbocycles. The molecular weight excluding hydrogens is 1520 g/mol. The lowest BCUT2D eigenvalue weighted by molar-refractivity contribution is 0.513. The maximum absolute atomic E-state index is 14.4.